The molecule has 1 aliphatic rings. The monoisotopic (exact) mass is 227 g/mol. The maximum absolute atomic E-state index is 9.95. The normalized spacial score (nSPS) is 27.9. The lowest BCUT2D eigenvalue weighted by atomic mass is 9.91. The van der Waals surface area contributed by atoms with Gasteiger partial charge in [0.05, 0.1) is 6.10 Å². The molecule has 0 amide bonds. The second kappa shape index (κ2) is 8.08. The SMILES string of the molecule is CCCCC(CCC)N[C@@H]1CCCC[C@H]1O. The molecular weight excluding hydrogens is 198 g/mol. The summed E-state index contributed by atoms with van der Waals surface area (Å²) in [6, 6.07) is 0.991. The highest BCUT2D eigenvalue weighted by atomic mass is 16.3. The number of aliphatic hydroxyl groups is 1. The van der Waals surface area contributed by atoms with Gasteiger partial charge in [-0.3, -0.25) is 0 Å². The zero-order chi connectivity index (χ0) is 11.8. The van der Waals surface area contributed by atoms with Crippen molar-refractivity contribution in [1.29, 1.82) is 0 Å². The van der Waals surface area contributed by atoms with E-state index < -0.39 is 0 Å². The van der Waals surface area contributed by atoms with Gasteiger partial charge in [0.1, 0.15) is 0 Å². The van der Waals surface area contributed by atoms with E-state index in [1.165, 1.54) is 44.9 Å². The van der Waals surface area contributed by atoms with E-state index in [2.05, 4.69) is 19.2 Å². The van der Waals surface area contributed by atoms with Gasteiger partial charge >= 0.3 is 0 Å². The van der Waals surface area contributed by atoms with Gasteiger partial charge in [0, 0.05) is 12.1 Å². The van der Waals surface area contributed by atoms with Gasteiger partial charge in [0.2, 0.25) is 0 Å². The first-order valence-electron chi connectivity index (χ1n) is 7.22. The van der Waals surface area contributed by atoms with Crippen molar-refractivity contribution in [3.8, 4) is 0 Å². The lowest BCUT2D eigenvalue weighted by Crippen LogP contribution is -2.47. The van der Waals surface area contributed by atoms with Gasteiger partial charge in [-0.05, 0) is 25.7 Å². The van der Waals surface area contributed by atoms with Gasteiger partial charge < -0.3 is 10.4 Å². The smallest absolute Gasteiger partial charge is 0.0693 e. The van der Waals surface area contributed by atoms with Crippen molar-refractivity contribution < 1.29 is 5.11 Å². The van der Waals surface area contributed by atoms with E-state index >= 15 is 0 Å². The molecule has 2 N–H and O–H groups in total. The van der Waals surface area contributed by atoms with Crippen molar-refractivity contribution in [2.45, 2.75) is 89.8 Å². The Morgan fingerprint density at radius 1 is 1.12 bits per heavy atom. The van der Waals surface area contributed by atoms with Crippen molar-refractivity contribution in [3.63, 3.8) is 0 Å². The Morgan fingerprint density at radius 3 is 2.50 bits per heavy atom. The Balaban J connectivity index is 2.33. The molecule has 1 unspecified atom stereocenters. The molecule has 0 heterocycles. The lowest BCUT2D eigenvalue weighted by molar-refractivity contribution is 0.0831. The van der Waals surface area contributed by atoms with Crippen LogP contribution in [0.15, 0.2) is 0 Å². The number of hydrogen-bond donors (Lipinski definition) is 2. The third kappa shape index (κ3) is 4.84. The molecule has 96 valence electrons. The van der Waals surface area contributed by atoms with Crippen LogP contribution in [0, 0.1) is 0 Å². The molecule has 2 nitrogen and oxygen atoms in total. The van der Waals surface area contributed by atoms with Gasteiger partial charge in [-0.15, -0.1) is 0 Å². The summed E-state index contributed by atoms with van der Waals surface area (Å²) in [4.78, 5) is 0. The Labute approximate surface area is 101 Å². The minimum atomic E-state index is -0.102. The molecule has 0 aromatic rings. The average Bonchev–Trinajstić information content (AvgIpc) is 2.29. The van der Waals surface area contributed by atoms with Crippen LogP contribution in [0.3, 0.4) is 0 Å². The Bertz CT molecular complexity index is 172. The average molecular weight is 227 g/mol. The molecule has 0 aromatic heterocycles. The molecule has 0 spiro atoms. The van der Waals surface area contributed by atoms with Crippen molar-refractivity contribution in [3.05, 3.63) is 0 Å². The Hall–Kier alpha value is -0.0800. The molecule has 2 heteroatoms. The first-order chi connectivity index (χ1) is 7.77. The second-order valence-corrected chi connectivity index (χ2v) is 5.25. The Morgan fingerprint density at radius 2 is 1.88 bits per heavy atom. The summed E-state index contributed by atoms with van der Waals surface area (Å²) in [6.45, 7) is 4.50. The maximum Gasteiger partial charge on any atom is 0.0693 e. The van der Waals surface area contributed by atoms with Gasteiger partial charge in [-0.2, -0.15) is 0 Å². The fourth-order valence-electron chi connectivity index (χ4n) is 2.72. The van der Waals surface area contributed by atoms with Gasteiger partial charge in [0.25, 0.3) is 0 Å². The van der Waals surface area contributed by atoms with E-state index in [4.69, 9.17) is 0 Å². The third-order valence-electron chi connectivity index (χ3n) is 3.72. The molecule has 1 saturated carbocycles. The molecular formula is C14H29NO. The number of rotatable bonds is 7. The number of aliphatic hydroxyl groups excluding tert-OH is 1. The first kappa shape index (κ1) is 14.0. The first-order valence-corrected chi connectivity index (χ1v) is 7.22. The molecule has 0 saturated heterocycles. The molecule has 1 aliphatic carbocycles. The van der Waals surface area contributed by atoms with E-state index in [0.29, 0.717) is 12.1 Å². The second-order valence-electron chi connectivity index (χ2n) is 5.25. The van der Waals surface area contributed by atoms with E-state index in [0.717, 1.165) is 12.8 Å². The van der Waals surface area contributed by atoms with Crippen LogP contribution in [0.4, 0.5) is 0 Å². The molecule has 1 rings (SSSR count). The summed E-state index contributed by atoms with van der Waals surface area (Å²) in [5, 5.41) is 13.6. The largest absolute Gasteiger partial charge is 0.392 e. The van der Waals surface area contributed by atoms with Gasteiger partial charge in [0.15, 0.2) is 0 Å². The standard InChI is InChI=1S/C14H29NO/c1-3-5-9-12(8-4-2)15-13-10-6-7-11-14(13)16/h12-16H,3-11H2,1-2H3/t12?,13-,14-/m1/s1. The van der Waals surface area contributed by atoms with Crippen LogP contribution >= 0.6 is 0 Å². The molecule has 0 aromatic carbocycles. The van der Waals surface area contributed by atoms with Crippen LogP contribution in [-0.4, -0.2) is 23.3 Å². The van der Waals surface area contributed by atoms with E-state index in [1.54, 1.807) is 0 Å². The van der Waals surface area contributed by atoms with E-state index in [-0.39, 0.29) is 6.10 Å². The predicted octanol–water partition coefficient (Wildman–Crippen LogP) is 3.24. The number of unbranched alkanes of at least 4 members (excludes halogenated alkanes) is 1. The molecule has 1 fully saturated rings. The number of nitrogens with one attached hydrogen (secondary N) is 1. The Kier molecular flexibility index (Phi) is 7.06. The van der Waals surface area contributed by atoms with Crippen molar-refractivity contribution in [2.75, 3.05) is 0 Å². The minimum absolute atomic E-state index is 0.102. The fourth-order valence-corrected chi connectivity index (χ4v) is 2.72. The van der Waals surface area contributed by atoms with Crippen molar-refractivity contribution >= 4 is 0 Å². The van der Waals surface area contributed by atoms with Crippen LogP contribution in [-0.2, 0) is 0 Å². The summed E-state index contributed by atoms with van der Waals surface area (Å²) in [5.74, 6) is 0. The van der Waals surface area contributed by atoms with Crippen LogP contribution in [0.25, 0.3) is 0 Å². The van der Waals surface area contributed by atoms with E-state index in [9.17, 15) is 5.11 Å². The van der Waals surface area contributed by atoms with Crippen LogP contribution in [0.5, 0.6) is 0 Å². The topological polar surface area (TPSA) is 32.3 Å². The van der Waals surface area contributed by atoms with Crippen molar-refractivity contribution in [2.24, 2.45) is 0 Å². The summed E-state index contributed by atoms with van der Waals surface area (Å²) < 4.78 is 0. The summed E-state index contributed by atoms with van der Waals surface area (Å²) in [5.41, 5.74) is 0. The van der Waals surface area contributed by atoms with Crippen LogP contribution in [0.2, 0.25) is 0 Å². The molecule has 0 aliphatic heterocycles. The summed E-state index contributed by atoms with van der Waals surface area (Å²) in [6.07, 6.45) is 10.9. The highest BCUT2D eigenvalue weighted by molar-refractivity contribution is 4.83. The van der Waals surface area contributed by atoms with Crippen LogP contribution < -0.4 is 5.32 Å². The summed E-state index contributed by atoms with van der Waals surface area (Å²) >= 11 is 0. The minimum Gasteiger partial charge on any atom is -0.392 e. The third-order valence-corrected chi connectivity index (χ3v) is 3.72. The molecule has 16 heavy (non-hydrogen) atoms. The maximum atomic E-state index is 9.95. The van der Waals surface area contributed by atoms with Gasteiger partial charge in [-0.1, -0.05) is 46.0 Å². The number of hydrogen-bond acceptors (Lipinski definition) is 2. The quantitative estimate of drug-likeness (QED) is 0.700. The summed E-state index contributed by atoms with van der Waals surface area (Å²) in [7, 11) is 0. The zero-order valence-electron chi connectivity index (χ0n) is 11.0. The zero-order valence-corrected chi connectivity index (χ0v) is 11.0. The van der Waals surface area contributed by atoms with Crippen LogP contribution in [0.1, 0.15) is 71.6 Å². The fraction of sp³-hybridized carbons (Fsp3) is 1.00. The lowest BCUT2D eigenvalue weighted by Gasteiger charge is -2.32. The van der Waals surface area contributed by atoms with Gasteiger partial charge in [-0.25, -0.2) is 0 Å². The molecule has 0 radical (unpaired) electrons. The van der Waals surface area contributed by atoms with Crippen molar-refractivity contribution in [1.82, 2.24) is 5.32 Å². The predicted molar refractivity (Wildman–Crippen MR) is 69.6 cm³/mol. The highest BCUT2D eigenvalue weighted by Crippen LogP contribution is 2.20. The highest BCUT2D eigenvalue weighted by Gasteiger charge is 2.24. The van der Waals surface area contributed by atoms with E-state index in [1.807, 2.05) is 0 Å². The molecule has 3 atom stereocenters. The molecule has 0 bridgehead atoms.